The van der Waals surface area contributed by atoms with Crippen LogP contribution in [0.1, 0.15) is 15.9 Å². The molecular formula is C21H20ClN3O2. The molecule has 0 saturated carbocycles. The summed E-state index contributed by atoms with van der Waals surface area (Å²) in [4.78, 5) is 29.7. The number of pyridine rings is 1. The number of aryl methyl sites for hydroxylation is 1. The third-order valence-corrected chi connectivity index (χ3v) is 4.41. The van der Waals surface area contributed by atoms with Crippen molar-refractivity contribution in [2.24, 2.45) is 0 Å². The van der Waals surface area contributed by atoms with Gasteiger partial charge in [0.2, 0.25) is 0 Å². The van der Waals surface area contributed by atoms with Gasteiger partial charge in [-0.05, 0) is 48.9 Å². The lowest BCUT2D eigenvalue weighted by molar-refractivity contribution is 0.102. The molecule has 2 aromatic carbocycles. The molecule has 1 amide bonds. The second-order valence-electron chi connectivity index (χ2n) is 6.49. The molecule has 0 radical (unpaired) electrons. The zero-order valence-corrected chi connectivity index (χ0v) is 16.1. The number of nitrogens with one attached hydrogen (secondary N) is 2. The molecule has 1 aromatic heterocycles. The molecule has 2 N–H and O–H groups in total. The Morgan fingerprint density at radius 2 is 1.85 bits per heavy atom. The molecule has 3 aromatic rings. The van der Waals surface area contributed by atoms with Crippen LogP contribution in [0.2, 0.25) is 5.02 Å². The van der Waals surface area contributed by atoms with Crippen molar-refractivity contribution in [1.29, 1.82) is 0 Å². The summed E-state index contributed by atoms with van der Waals surface area (Å²) >= 11 is 6.05. The van der Waals surface area contributed by atoms with Crippen LogP contribution in [0.4, 0.5) is 11.4 Å². The molecule has 0 spiro atoms. The van der Waals surface area contributed by atoms with Crippen LogP contribution in [0, 0.1) is 6.92 Å². The van der Waals surface area contributed by atoms with Gasteiger partial charge in [0.25, 0.3) is 11.5 Å². The number of carbonyl (C=O) groups is 1. The number of H-pyrrole nitrogens is 1. The van der Waals surface area contributed by atoms with E-state index in [0.717, 1.165) is 16.8 Å². The van der Waals surface area contributed by atoms with E-state index in [0.29, 0.717) is 16.4 Å². The van der Waals surface area contributed by atoms with Crippen LogP contribution in [0.25, 0.3) is 11.3 Å². The minimum absolute atomic E-state index is 0.0380. The van der Waals surface area contributed by atoms with Crippen molar-refractivity contribution < 1.29 is 4.79 Å². The van der Waals surface area contributed by atoms with Gasteiger partial charge in [-0.1, -0.05) is 35.4 Å². The van der Waals surface area contributed by atoms with E-state index in [-0.39, 0.29) is 5.56 Å². The Balaban J connectivity index is 1.90. The van der Waals surface area contributed by atoms with Crippen molar-refractivity contribution >= 4 is 28.9 Å². The second-order valence-corrected chi connectivity index (χ2v) is 6.93. The Bertz CT molecular complexity index is 1060. The number of halogens is 1. The first-order valence-corrected chi connectivity index (χ1v) is 8.81. The van der Waals surface area contributed by atoms with Gasteiger partial charge in [0.05, 0.1) is 11.4 Å². The maximum Gasteiger partial charge on any atom is 0.261 e. The fourth-order valence-corrected chi connectivity index (χ4v) is 2.99. The van der Waals surface area contributed by atoms with E-state index in [1.54, 1.807) is 18.2 Å². The molecule has 27 heavy (non-hydrogen) atoms. The first-order chi connectivity index (χ1) is 12.8. The highest BCUT2D eigenvalue weighted by atomic mass is 35.5. The fourth-order valence-electron chi connectivity index (χ4n) is 2.82. The molecule has 0 bridgehead atoms. The summed E-state index contributed by atoms with van der Waals surface area (Å²) < 4.78 is 0. The minimum atomic E-state index is -0.489. The second kappa shape index (κ2) is 7.68. The number of nitrogens with zero attached hydrogens (tertiary/aromatic N) is 1. The highest BCUT2D eigenvalue weighted by Gasteiger charge is 2.15. The first kappa shape index (κ1) is 18.7. The number of aromatic nitrogens is 1. The van der Waals surface area contributed by atoms with Gasteiger partial charge in [-0.2, -0.15) is 0 Å². The van der Waals surface area contributed by atoms with E-state index in [2.05, 4.69) is 10.3 Å². The number of hydrogen-bond acceptors (Lipinski definition) is 3. The van der Waals surface area contributed by atoms with Crippen LogP contribution in [-0.2, 0) is 0 Å². The molecule has 6 heteroatoms. The van der Waals surface area contributed by atoms with E-state index in [4.69, 9.17) is 11.6 Å². The maximum atomic E-state index is 12.6. The van der Waals surface area contributed by atoms with E-state index < -0.39 is 11.5 Å². The van der Waals surface area contributed by atoms with Gasteiger partial charge in [-0.15, -0.1) is 0 Å². The third-order valence-electron chi connectivity index (χ3n) is 4.17. The zero-order valence-electron chi connectivity index (χ0n) is 15.3. The summed E-state index contributed by atoms with van der Waals surface area (Å²) in [5.74, 6) is -0.489. The summed E-state index contributed by atoms with van der Waals surface area (Å²) in [6.45, 7) is 1.98. The summed E-state index contributed by atoms with van der Waals surface area (Å²) in [6, 6.07) is 16.3. The summed E-state index contributed by atoms with van der Waals surface area (Å²) in [5.41, 5.74) is 3.57. The Kier molecular flexibility index (Phi) is 5.33. The molecule has 138 valence electrons. The predicted octanol–water partition coefficient (Wildman–Crippen LogP) is 4.32. The van der Waals surface area contributed by atoms with Crippen LogP contribution < -0.4 is 15.8 Å². The van der Waals surface area contributed by atoms with Crippen molar-refractivity contribution in [1.82, 2.24) is 4.98 Å². The summed E-state index contributed by atoms with van der Waals surface area (Å²) in [6.07, 6.45) is 0. The number of aromatic amines is 1. The Morgan fingerprint density at radius 1 is 1.07 bits per heavy atom. The summed E-state index contributed by atoms with van der Waals surface area (Å²) in [5, 5.41) is 3.27. The average Bonchev–Trinajstić information content (AvgIpc) is 2.61. The quantitative estimate of drug-likeness (QED) is 0.707. The number of amides is 1. The van der Waals surface area contributed by atoms with Crippen LogP contribution in [0.3, 0.4) is 0 Å². The molecule has 3 rings (SSSR count). The van der Waals surface area contributed by atoms with Gasteiger partial charge in [0.15, 0.2) is 0 Å². The van der Waals surface area contributed by atoms with Gasteiger partial charge in [0, 0.05) is 24.8 Å². The number of carbonyl (C=O) groups excluding carboxylic acids is 1. The SMILES string of the molecule is Cc1cccc(-c2ccc(C(=O)Nc3cc(Cl)ccc3N(C)C)c(=O)[nH]2)c1. The van der Waals surface area contributed by atoms with Crippen molar-refractivity contribution in [3.63, 3.8) is 0 Å². The predicted molar refractivity (Wildman–Crippen MR) is 111 cm³/mol. The lowest BCUT2D eigenvalue weighted by Gasteiger charge is -2.18. The van der Waals surface area contributed by atoms with Crippen LogP contribution in [-0.4, -0.2) is 25.0 Å². The monoisotopic (exact) mass is 381 g/mol. The number of anilines is 2. The molecule has 0 atom stereocenters. The van der Waals surface area contributed by atoms with Gasteiger partial charge in [-0.3, -0.25) is 9.59 Å². The lowest BCUT2D eigenvalue weighted by Crippen LogP contribution is -2.24. The molecule has 0 aliphatic heterocycles. The summed E-state index contributed by atoms with van der Waals surface area (Å²) in [7, 11) is 3.73. The number of benzene rings is 2. The normalized spacial score (nSPS) is 10.5. The molecule has 0 saturated heterocycles. The van der Waals surface area contributed by atoms with E-state index in [9.17, 15) is 9.59 Å². The van der Waals surface area contributed by atoms with Crippen LogP contribution >= 0.6 is 11.6 Å². The van der Waals surface area contributed by atoms with Gasteiger partial charge < -0.3 is 15.2 Å². The molecule has 5 nitrogen and oxygen atoms in total. The topological polar surface area (TPSA) is 65.2 Å². The number of rotatable bonds is 4. The third kappa shape index (κ3) is 4.20. The van der Waals surface area contributed by atoms with Gasteiger partial charge >= 0.3 is 0 Å². The average molecular weight is 382 g/mol. The molecular weight excluding hydrogens is 362 g/mol. The number of hydrogen-bond donors (Lipinski definition) is 2. The fraction of sp³-hybridized carbons (Fsp3) is 0.143. The van der Waals surface area contributed by atoms with Gasteiger partial charge in [-0.25, -0.2) is 0 Å². The largest absolute Gasteiger partial charge is 0.376 e. The van der Waals surface area contributed by atoms with E-state index in [1.165, 1.54) is 6.07 Å². The van der Waals surface area contributed by atoms with Crippen molar-refractivity contribution in [3.05, 3.63) is 81.1 Å². The molecule has 0 aliphatic carbocycles. The lowest BCUT2D eigenvalue weighted by atomic mass is 10.1. The first-order valence-electron chi connectivity index (χ1n) is 8.44. The maximum absolute atomic E-state index is 12.6. The van der Waals surface area contributed by atoms with Crippen LogP contribution in [0.5, 0.6) is 0 Å². The standard InChI is InChI=1S/C21H20ClN3O2/c1-13-5-4-6-14(11-13)17-9-8-16(20(26)23-17)21(27)24-18-12-15(22)7-10-19(18)25(2)3/h4-12H,1-3H3,(H,23,26)(H,24,27). The van der Waals surface area contributed by atoms with Gasteiger partial charge in [0.1, 0.15) is 5.56 Å². The zero-order chi connectivity index (χ0) is 19.6. The molecule has 0 aliphatic rings. The van der Waals surface area contributed by atoms with E-state index in [1.807, 2.05) is 56.3 Å². The molecule has 0 fully saturated rings. The van der Waals surface area contributed by atoms with Crippen molar-refractivity contribution in [3.8, 4) is 11.3 Å². The molecule has 1 heterocycles. The minimum Gasteiger partial charge on any atom is -0.376 e. The smallest absolute Gasteiger partial charge is 0.261 e. The highest BCUT2D eigenvalue weighted by Crippen LogP contribution is 2.28. The highest BCUT2D eigenvalue weighted by molar-refractivity contribution is 6.31. The van der Waals surface area contributed by atoms with E-state index >= 15 is 0 Å². The Labute approximate surface area is 162 Å². The Morgan fingerprint density at radius 3 is 2.52 bits per heavy atom. The Hall–Kier alpha value is -3.05. The van der Waals surface area contributed by atoms with Crippen molar-refractivity contribution in [2.45, 2.75) is 6.92 Å². The van der Waals surface area contributed by atoms with Crippen molar-refractivity contribution in [2.75, 3.05) is 24.3 Å². The van der Waals surface area contributed by atoms with Crippen LogP contribution in [0.15, 0.2) is 59.4 Å². The molecule has 0 unspecified atom stereocenters.